The first-order chi connectivity index (χ1) is 12.6. The Labute approximate surface area is 160 Å². The highest BCUT2D eigenvalue weighted by molar-refractivity contribution is 8.03. The minimum Gasteiger partial charge on any atom is -0.452 e. The number of nitriles is 1. The van der Waals surface area contributed by atoms with Gasteiger partial charge >= 0.3 is 5.97 Å². The van der Waals surface area contributed by atoms with Crippen LogP contribution in [0.25, 0.3) is 0 Å². The van der Waals surface area contributed by atoms with Gasteiger partial charge in [0.25, 0.3) is 5.91 Å². The van der Waals surface area contributed by atoms with Crippen molar-refractivity contribution in [1.82, 2.24) is 0 Å². The van der Waals surface area contributed by atoms with E-state index >= 15 is 0 Å². The zero-order valence-electron chi connectivity index (χ0n) is 14.0. The number of rotatable bonds is 7. The average Bonchev–Trinajstić information content (AvgIpc) is 2.63. The molecule has 2 aromatic rings. The number of hydrogen-bond donors (Lipinski definition) is 1. The summed E-state index contributed by atoms with van der Waals surface area (Å²) in [4.78, 5) is 25.3. The summed E-state index contributed by atoms with van der Waals surface area (Å²) in [6.07, 6.45) is 1.28. The van der Waals surface area contributed by atoms with E-state index in [9.17, 15) is 9.59 Å². The van der Waals surface area contributed by atoms with E-state index in [1.54, 1.807) is 23.6 Å². The van der Waals surface area contributed by atoms with Crippen molar-refractivity contribution in [1.29, 1.82) is 5.26 Å². The highest BCUT2D eigenvalue weighted by Crippen LogP contribution is 2.23. The number of thiocyanates is 1. The molecule has 0 fully saturated rings. The number of carbonyl (C=O) groups excluding carboxylic acids is 2. The van der Waals surface area contributed by atoms with Crippen LogP contribution in [0.4, 0.5) is 5.69 Å². The molecule has 26 heavy (non-hydrogen) atoms. The quantitative estimate of drug-likeness (QED) is 0.331. The molecule has 2 aromatic carbocycles. The van der Waals surface area contributed by atoms with Crippen molar-refractivity contribution in [3.63, 3.8) is 0 Å². The van der Waals surface area contributed by atoms with Gasteiger partial charge in [-0.25, -0.2) is 4.79 Å². The summed E-state index contributed by atoms with van der Waals surface area (Å²) in [5.41, 5.74) is 1.44. The highest BCUT2D eigenvalue weighted by Gasteiger charge is 2.08. The fourth-order valence-corrected chi connectivity index (χ4v) is 3.06. The van der Waals surface area contributed by atoms with Gasteiger partial charge in [-0.2, -0.15) is 5.26 Å². The van der Waals surface area contributed by atoms with Crippen LogP contribution >= 0.6 is 23.5 Å². The molecule has 0 saturated carbocycles. The third-order valence-corrected chi connectivity index (χ3v) is 4.53. The molecule has 0 saturated heterocycles. The lowest BCUT2D eigenvalue weighted by molar-refractivity contribution is -0.142. The van der Waals surface area contributed by atoms with Crippen molar-refractivity contribution in [2.45, 2.75) is 16.7 Å². The van der Waals surface area contributed by atoms with Crippen LogP contribution in [-0.4, -0.2) is 18.5 Å². The van der Waals surface area contributed by atoms with Crippen molar-refractivity contribution in [2.24, 2.45) is 0 Å². The molecule has 2 rings (SSSR count). The molecular weight excluding hydrogens is 368 g/mol. The highest BCUT2D eigenvalue weighted by atomic mass is 32.2. The van der Waals surface area contributed by atoms with Gasteiger partial charge in [-0.3, -0.25) is 4.79 Å². The Balaban J connectivity index is 1.77. The molecule has 0 aliphatic rings. The summed E-state index contributed by atoms with van der Waals surface area (Å²) in [5, 5.41) is 15.0. The zero-order valence-corrected chi connectivity index (χ0v) is 15.6. The van der Waals surface area contributed by atoms with E-state index in [0.717, 1.165) is 27.1 Å². The molecule has 0 bridgehead atoms. The van der Waals surface area contributed by atoms with Gasteiger partial charge in [0, 0.05) is 21.6 Å². The number of anilines is 1. The molecule has 0 aliphatic heterocycles. The maximum Gasteiger partial charge on any atom is 0.331 e. The Morgan fingerprint density at radius 2 is 1.96 bits per heavy atom. The summed E-state index contributed by atoms with van der Waals surface area (Å²) in [5.74, 6) is -1.01. The predicted octanol–water partition coefficient (Wildman–Crippen LogP) is 4.36. The minimum absolute atomic E-state index is 0.368. The van der Waals surface area contributed by atoms with Crippen molar-refractivity contribution >= 4 is 41.1 Å². The Bertz CT molecular complexity index is 846. The van der Waals surface area contributed by atoms with Crippen LogP contribution in [0.1, 0.15) is 5.56 Å². The summed E-state index contributed by atoms with van der Waals surface area (Å²) in [6.45, 7) is 1.46. The maximum atomic E-state index is 11.9. The molecule has 0 heterocycles. The van der Waals surface area contributed by atoms with Crippen LogP contribution < -0.4 is 5.32 Å². The zero-order chi connectivity index (χ0) is 18.8. The summed E-state index contributed by atoms with van der Waals surface area (Å²) >= 11 is 2.44. The lowest BCUT2D eigenvalue weighted by atomic mass is 10.2. The molecule has 1 amide bonds. The van der Waals surface area contributed by atoms with E-state index < -0.39 is 11.9 Å². The van der Waals surface area contributed by atoms with Crippen LogP contribution in [0.5, 0.6) is 0 Å². The topological polar surface area (TPSA) is 79.2 Å². The van der Waals surface area contributed by atoms with Gasteiger partial charge in [0.2, 0.25) is 0 Å². The van der Waals surface area contributed by atoms with Gasteiger partial charge in [-0.1, -0.05) is 30.0 Å². The van der Waals surface area contributed by atoms with E-state index in [0.29, 0.717) is 5.69 Å². The van der Waals surface area contributed by atoms with Crippen LogP contribution in [-0.2, 0) is 14.3 Å². The van der Waals surface area contributed by atoms with E-state index in [-0.39, 0.29) is 6.61 Å². The molecule has 5 nitrogen and oxygen atoms in total. The number of ether oxygens (including phenoxy) is 1. The predicted molar refractivity (Wildman–Crippen MR) is 104 cm³/mol. The van der Waals surface area contributed by atoms with Gasteiger partial charge in [-0.15, -0.1) is 0 Å². The number of carbonyl (C=O) groups is 2. The number of benzene rings is 2. The summed E-state index contributed by atoms with van der Waals surface area (Å²) < 4.78 is 4.92. The van der Waals surface area contributed by atoms with E-state index in [1.807, 2.05) is 42.7 Å². The second-order valence-corrected chi connectivity index (χ2v) is 6.90. The smallest absolute Gasteiger partial charge is 0.331 e. The summed E-state index contributed by atoms with van der Waals surface area (Å²) in [6, 6.07) is 14.8. The van der Waals surface area contributed by atoms with Crippen LogP contribution in [0, 0.1) is 17.6 Å². The van der Waals surface area contributed by atoms with Gasteiger partial charge in [0.1, 0.15) is 5.40 Å². The molecule has 7 heteroatoms. The number of hydrogen-bond acceptors (Lipinski definition) is 6. The Morgan fingerprint density at radius 3 is 2.65 bits per heavy atom. The fourth-order valence-electron chi connectivity index (χ4n) is 1.93. The molecule has 132 valence electrons. The van der Waals surface area contributed by atoms with Crippen molar-refractivity contribution in [2.75, 3.05) is 11.9 Å². The molecular formula is C19H16N2O3S2. The lowest BCUT2D eigenvalue weighted by Gasteiger charge is -2.09. The Morgan fingerprint density at radius 1 is 1.19 bits per heavy atom. The number of nitrogens with one attached hydrogen (secondary N) is 1. The Hall–Kier alpha value is -2.69. The maximum absolute atomic E-state index is 11.9. The molecule has 0 aliphatic carbocycles. The van der Waals surface area contributed by atoms with Crippen LogP contribution in [0.15, 0.2) is 69.8 Å². The molecule has 0 unspecified atom stereocenters. The number of nitrogens with zero attached hydrogens (tertiary/aromatic N) is 1. The number of esters is 1. The largest absolute Gasteiger partial charge is 0.452 e. The number of amides is 1. The van der Waals surface area contributed by atoms with Gasteiger partial charge in [-0.05, 0) is 60.0 Å². The molecule has 1 N–H and O–H groups in total. The lowest BCUT2D eigenvalue weighted by Crippen LogP contribution is -2.20. The average molecular weight is 384 g/mol. The molecule has 0 atom stereocenters. The van der Waals surface area contributed by atoms with E-state index in [4.69, 9.17) is 10.00 Å². The van der Waals surface area contributed by atoms with E-state index in [2.05, 4.69) is 5.32 Å². The number of aryl methyl sites for hydroxylation is 1. The van der Waals surface area contributed by atoms with Crippen molar-refractivity contribution in [3.8, 4) is 5.40 Å². The normalized spacial score (nSPS) is 10.3. The second kappa shape index (κ2) is 10.3. The molecule has 0 spiro atoms. The van der Waals surface area contributed by atoms with Gasteiger partial charge in [0.15, 0.2) is 6.61 Å². The first kappa shape index (κ1) is 19.6. The van der Waals surface area contributed by atoms with Crippen LogP contribution in [0.2, 0.25) is 0 Å². The minimum atomic E-state index is -0.582. The van der Waals surface area contributed by atoms with Gasteiger partial charge in [0.05, 0.1) is 0 Å². The standard InChI is InChI=1S/C19H16N2O3S2/c1-14-11-16(26-13-20)7-8-17(14)21-18(22)12-24-19(23)9-10-25-15-5-3-2-4-6-15/h2-11H,12H2,1H3,(H,21,22)/b10-9+. The van der Waals surface area contributed by atoms with Crippen LogP contribution in [0.3, 0.4) is 0 Å². The summed E-state index contributed by atoms with van der Waals surface area (Å²) in [7, 11) is 0. The second-order valence-electron chi connectivity index (χ2n) is 5.06. The van der Waals surface area contributed by atoms with Gasteiger partial charge < -0.3 is 10.1 Å². The fraction of sp³-hybridized carbons (Fsp3) is 0.105. The molecule has 0 aromatic heterocycles. The SMILES string of the molecule is Cc1cc(SC#N)ccc1NC(=O)COC(=O)/C=C/Sc1ccccc1. The Kier molecular flexibility index (Phi) is 7.80. The first-order valence-corrected chi connectivity index (χ1v) is 9.29. The third kappa shape index (κ3) is 6.67. The number of thioether (sulfide) groups is 2. The van der Waals surface area contributed by atoms with E-state index in [1.165, 1.54) is 17.8 Å². The first-order valence-electron chi connectivity index (χ1n) is 7.60. The van der Waals surface area contributed by atoms with Crippen molar-refractivity contribution in [3.05, 3.63) is 65.6 Å². The molecule has 0 radical (unpaired) electrons. The van der Waals surface area contributed by atoms with Crippen molar-refractivity contribution < 1.29 is 14.3 Å². The monoisotopic (exact) mass is 384 g/mol. The third-order valence-electron chi connectivity index (χ3n) is 3.13.